The van der Waals surface area contributed by atoms with Crippen molar-refractivity contribution in [1.82, 2.24) is 9.99 Å². The first-order chi connectivity index (χ1) is 10.7. The van der Waals surface area contributed by atoms with Crippen LogP contribution in [0.3, 0.4) is 0 Å². The molecule has 22 heavy (non-hydrogen) atoms. The molecule has 0 unspecified atom stereocenters. The van der Waals surface area contributed by atoms with Crippen LogP contribution in [0.25, 0.3) is 0 Å². The molecule has 0 radical (unpaired) electrons. The molecule has 0 bridgehead atoms. The van der Waals surface area contributed by atoms with Gasteiger partial charge in [0.15, 0.2) is 0 Å². The lowest BCUT2D eigenvalue weighted by molar-refractivity contribution is -0.118. The highest BCUT2D eigenvalue weighted by Gasteiger charge is 2.02. The molecule has 0 saturated carbocycles. The first-order valence-electron chi connectivity index (χ1n) is 6.97. The van der Waals surface area contributed by atoms with Crippen LogP contribution in [0.4, 0.5) is 0 Å². The van der Waals surface area contributed by atoms with Gasteiger partial charge in [-0.25, -0.2) is 5.43 Å². The van der Waals surface area contributed by atoms with E-state index in [-0.39, 0.29) is 5.91 Å². The molecule has 1 aromatic heterocycles. The first kappa shape index (κ1) is 16.2. The van der Waals surface area contributed by atoms with E-state index in [0.29, 0.717) is 5.75 Å². The summed E-state index contributed by atoms with van der Waals surface area (Å²) >= 11 is 1.46. The molecule has 2 aromatic rings. The predicted molar refractivity (Wildman–Crippen MR) is 89.6 cm³/mol. The van der Waals surface area contributed by atoms with Crippen LogP contribution in [0, 0.1) is 0 Å². The van der Waals surface area contributed by atoms with Gasteiger partial charge in [0.1, 0.15) is 5.75 Å². The Kier molecular flexibility index (Phi) is 6.09. The van der Waals surface area contributed by atoms with Crippen molar-refractivity contribution in [1.29, 1.82) is 0 Å². The number of carbonyl (C=O) groups is 1. The van der Waals surface area contributed by atoms with Crippen molar-refractivity contribution in [2.24, 2.45) is 5.10 Å². The minimum Gasteiger partial charge on any atom is -0.497 e. The highest BCUT2D eigenvalue weighted by molar-refractivity contribution is 8.00. The second-order valence-electron chi connectivity index (χ2n) is 4.48. The van der Waals surface area contributed by atoms with Crippen LogP contribution in [-0.4, -0.2) is 29.6 Å². The number of hydrogen-bond acceptors (Lipinski definition) is 4. The molecule has 1 heterocycles. The number of nitrogens with one attached hydrogen (secondary N) is 1. The fourth-order valence-corrected chi connectivity index (χ4v) is 2.55. The van der Waals surface area contributed by atoms with E-state index in [1.54, 1.807) is 13.3 Å². The molecule has 0 aliphatic rings. The van der Waals surface area contributed by atoms with Crippen molar-refractivity contribution < 1.29 is 9.53 Å². The van der Waals surface area contributed by atoms with Gasteiger partial charge in [0, 0.05) is 17.6 Å². The molecule has 1 aromatic carbocycles. The third-order valence-corrected chi connectivity index (χ3v) is 4.03. The summed E-state index contributed by atoms with van der Waals surface area (Å²) in [6, 6.07) is 11.5. The van der Waals surface area contributed by atoms with Gasteiger partial charge in [-0.15, -0.1) is 11.8 Å². The van der Waals surface area contributed by atoms with Crippen molar-refractivity contribution >= 4 is 23.9 Å². The van der Waals surface area contributed by atoms with Crippen LogP contribution in [0.5, 0.6) is 5.75 Å². The van der Waals surface area contributed by atoms with E-state index in [9.17, 15) is 4.79 Å². The highest BCUT2D eigenvalue weighted by atomic mass is 32.2. The average molecular weight is 317 g/mol. The summed E-state index contributed by atoms with van der Waals surface area (Å²) in [6.45, 7) is 2.93. The summed E-state index contributed by atoms with van der Waals surface area (Å²) in [6.07, 6.45) is 3.63. The third-order valence-electron chi connectivity index (χ3n) is 3.02. The van der Waals surface area contributed by atoms with Gasteiger partial charge in [0.2, 0.25) is 5.91 Å². The zero-order valence-corrected chi connectivity index (χ0v) is 13.5. The normalized spacial score (nSPS) is 10.8. The molecule has 1 N–H and O–H groups in total. The van der Waals surface area contributed by atoms with E-state index >= 15 is 0 Å². The molecule has 0 saturated heterocycles. The van der Waals surface area contributed by atoms with Gasteiger partial charge < -0.3 is 9.30 Å². The van der Waals surface area contributed by atoms with Gasteiger partial charge in [-0.3, -0.25) is 4.79 Å². The lowest BCUT2D eigenvalue weighted by atomic mass is 10.3. The quantitative estimate of drug-likeness (QED) is 0.485. The molecular weight excluding hydrogens is 298 g/mol. The Labute approximate surface area is 134 Å². The Balaban J connectivity index is 1.78. The number of carbonyl (C=O) groups excluding carboxylic acids is 1. The number of rotatable bonds is 7. The van der Waals surface area contributed by atoms with Crippen molar-refractivity contribution in [3.05, 3.63) is 48.3 Å². The standard InChI is InChI=1S/C16H19N3O2S/c1-3-19-10-4-5-13(19)11-17-18-16(20)12-22-15-8-6-14(21-2)7-9-15/h4-11H,3,12H2,1-2H3,(H,18,20)/b17-11+. The van der Waals surface area contributed by atoms with Crippen molar-refractivity contribution in [3.63, 3.8) is 0 Å². The summed E-state index contributed by atoms with van der Waals surface area (Å²) in [5, 5.41) is 3.98. The smallest absolute Gasteiger partial charge is 0.250 e. The molecule has 0 atom stereocenters. The van der Waals surface area contributed by atoms with Gasteiger partial charge in [0.05, 0.1) is 24.8 Å². The van der Waals surface area contributed by atoms with Gasteiger partial charge in [-0.2, -0.15) is 5.10 Å². The van der Waals surface area contributed by atoms with E-state index in [2.05, 4.69) is 17.5 Å². The van der Waals surface area contributed by atoms with Crippen LogP contribution in [0.2, 0.25) is 0 Å². The molecule has 1 amide bonds. The Morgan fingerprint density at radius 2 is 2.14 bits per heavy atom. The van der Waals surface area contributed by atoms with Gasteiger partial charge >= 0.3 is 0 Å². The molecule has 0 aliphatic carbocycles. The Hall–Kier alpha value is -2.21. The lowest BCUT2D eigenvalue weighted by Gasteiger charge is -2.03. The second kappa shape index (κ2) is 8.29. The summed E-state index contributed by atoms with van der Waals surface area (Å²) in [7, 11) is 1.63. The molecule has 2 rings (SSSR count). The summed E-state index contributed by atoms with van der Waals surface area (Å²) < 4.78 is 7.14. The van der Waals surface area contributed by atoms with Gasteiger partial charge in [-0.05, 0) is 43.3 Å². The zero-order chi connectivity index (χ0) is 15.8. The Morgan fingerprint density at radius 1 is 1.36 bits per heavy atom. The minimum atomic E-state index is -0.133. The fourth-order valence-electron chi connectivity index (χ4n) is 1.86. The minimum absolute atomic E-state index is 0.133. The monoisotopic (exact) mass is 317 g/mol. The van der Waals surface area contributed by atoms with E-state index in [1.165, 1.54) is 11.8 Å². The van der Waals surface area contributed by atoms with E-state index < -0.39 is 0 Å². The Morgan fingerprint density at radius 3 is 2.82 bits per heavy atom. The van der Waals surface area contributed by atoms with Crippen molar-refractivity contribution in [2.45, 2.75) is 18.4 Å². The van der Waals surface area contributed by atoms with Crippen LogP contribution in [0.1, 0.15) is 12.6 Å². The van der Waals surface area contributed by atoms with E-state index in [4.69, 9.17) is 4.74 Å². The Bertz CT molecular complexity index is 635. The number of hydrogen-bond donors (Lipinski definition) is 1. The number of aromatic nitrogens is 1. The van der Waals surface area contributed by atoms with Crippen molar-refractivity contribution in [3.8, 4) is 5.75 Å². The molecule has 0 aliphatic heterocycles. The molecule has 0 fully saturated rings. The van der Waals surface area contributed by atoms with Crippen molar-refractivity contribution in [2.75, 3.05) is 12.9 Å². The van der Waals surface area contributed by atoms with Gasteiger partial charge in [-0.1, -0.05) is 0 Å². The van der Waals surface area contributed by atoms with Gasteiger partial charge in [0.25, 0.3) is 0 Å². The van der Waals surface area contributed by atoms with Crippen LogP contribution >= 0.6 is 11.8 Å². The third kappa shape index (κ3) is 4.66. The fraction of sp³-hybridized carbons (Fsp3) is 0.250. The van der Waals surface area contributed by atoms with Crippen LogP contribution in [-0.2, 0) is 11.3 Å². The van der Waals surface area contributed by atoms with E-state index in [1.807, 2.05) is 47.2 Å². The largest absolute Gasteiger partial charge is 0.497 e. The SMILES string of the molecule is CCn1cccc1/C=N/NC(=O)CSc1ccc(OC)cc1. The maximum absolute atomic E-state index is 11.7. The van der Waals surface area contributed by atoms with E-state index in [0.717, 1.165) is 22.9 Å². The number of benzene rings is 1. The predicted octanol–water partition coefficient (Wildman–Crippen LogP) is 2.76. The zero-order valence-electron chi connectivity index (χ0n) is 12.7. The molecule has 116 valence electrons. The first-order valence-corrected chi connectivity index (χ1v) is 7.95. The number of aryl methyl sites for hydroxylation is 1. The highest BCUT2D eigenvalue weighted by Crippen LogP contribution is 2.20. The molecule has 0 spiro atoms. The summed E-state index contributed by atoms with van der Waals surface area (Å²) in [5.74, 6) is 0.988. The number of hydrazone groups is 1. The molecular formula is C16H19N3O2S. The maximum Gasteiger partial charge on any atom is 0.250 e. The molecule has 6 heteroatoms. The maximum atomic E-state index is 11.7. The summed E-state index contributed by atoms with van der Waals surface area (Å²) in [4.78, 5) is 12.8. The average Bonchev–Trinajstić information content (AvgIpc) is 3.01. The number of methoxy groups -OCH3 is 1. The topological polar surface area (TPSA) is 55.6 Å². The molecule has 5 nitrogen and oxygen atoms in total. The number of nitrogens with zero attached hydrogens (tertiary/aromatic N) is 2. The number of thioether (sulfide) groups is 1. The summed E-state index contributed by atoms with van der Waals surface area (Å²) in [5.41, 5.74) is 3.50. The lowest BCUT2D eigenvalue weighted by Crippen LogP contribution is -2.19. The number of amides is 1. The van der Waals surface area contributed by atoms with Crippen LogP contribution < -0.4 is 10.2 Å². The van der Waals surface area contributed by atoms with Crippen LogP contribution in [0.15, 0.2) is 52.6 Å². The second-order valence-corrected chi connectivity index (χ2v) is 5.53. The number of ether oxygens (including phenoxy) is 1.